The number of imidazole rings is 2. The molecule has 5 heteroatoms. The summed E-state index contributed by atoms with van der Waals surface area (Å²) in [5.41, 5.74) is 4.82. The van der Waals surface area contributed by atoms with Crippen molar-refractivity contribution in [3.63, 3.8) is 0 Å². The highest BCUT2D eigenvalue weighted by atomic mass is 16.5. The summed E-state index contributed by atoms with van der Waals surface area (Å²) >= 11 is 0. The Morgan fingerprint density at radius 3 is 1.48 bits per heavy atom. The van der Waals surface area contributed by atoms with Crippen molar-refractivity contribution >= 4 is 0 Å². The predicted molar refractivity (Wildman–Crippen MR) is 123 cm³/mol. The highest BCUT2D eigenvalue weighted by molar-refractivity contribution is 5.20. The number of hydrogen-bond acceptors (Lipinski definition) is 3. The van der Waals surface area contributed by atoms with Crippen molar-refractivity contribution < 1.29 is 4.74 Å². The summed E-state index contributed by atoms with van der Waals surface area (Å²) in [5, 5.41) is 0. The molecular weight excluding hydrogens is 384 g/mol. The van der Waals surface area contributed by atoms with E-state index >= 15 is 0 Å². The molecule has 0 bridgehead atoms. The Balaban J connectivity index is 1.45. The van der Waals surface area contributed by atoms with Gasteiger partial charge in [0.1, 0.15) is 0 Å². The zero-order valence-electron chi connectivity index (χ0n) is 17.8. The molecule has 0 aliphatic heterocycles. The molecule has 2 heterocycles. The Morgan fingerprint density at radius 2 is 1.10 bits per heavy atom. The van der Waals surface area contributed by atoms with Crippen LogP contribution in [0.3, 0.4) is 0 Å². The van der Waals surface area contributed by atoms with E-state index in [4.69, 9.17) is 4.74 Å². The van der Waals surface area contributed by atoms with Crippen molar-refractivity contribution in [3.8, 4) is 0 Å². The molecule has 4 aromatic rings. The third-order valence-corrected chi connectivity index (χ3v) is 5.61. The molecule has 4 rings (SSSR count). The van der Waals surface area contributed by atoms with Gasteiger partial charge in [-0.05, 0) is 49.7 Å². The van der Waals surface area contributed by atoms with Gasteiger partial charge in [-0.3, -0.25) is 0 Å². The summed E-state index contributed by atoms with van der Waals surface area (Å²) in [4.78, 5) is 14.7. The smallest absolute Gasteiger partial charge is 0.0921 e. The van der Waals surface area contributed by atoms with Crippen molar-refractivity contribution in [1.82, 2.24) is 19.9 Å². The molecule has 0 amide bonds. The molecule has 5 nitrogen and oxygen atoms in total. The highest BCUT2D eigenvalue weighted by Crippen LogP contribution is 2.33. The second-order valence-electron chi connectivity index (χ2n) is 7.87. The van der Waals surface area contributed by atoms with Gasteiger partial charge in [0.05, 0.1) is 24.9 Å². The molecule has 0 aliphatic carbocycles. The van der Waals surface area contributed by atoms with Crippen molar-refractivity contribution in [3.05, 3.63) is 108 Å². The molecule has 2 aromatic carbocycles. The van der Waals surface area contributed by atoms with Crippen molar-refractivity contribution in [2.45, 2.75) is 50.7 Å². The summed E-state index contributed by atoms with van der Waals surface area (Å²) in [5.74, 6) is 0. The molecule has 0 fully saturated rings. The van der Waals surface area contributed by atoms with Crippen LogP contribution in [0.2, 0.25) is 0 Å². The molecule has 2 unspecified atom stereocenters. The number of aromatic nitrogens is 4. The largest absolute Gasteiger partial charge is 0.366 e. The van der Waals surface area contributed by atoms with Crippen LogP contribution < -0.4 is 0 Å². The number of nitrogens with zero attached hydrogens (tertiary/aromatic N) is 2. The van der Waals surface area contributed by atoms with Crippen LogP contribution in [-0.2, 0) is 17.6 Å². The summed E-state index contributed by atoms with van der Waals surface area (Å²) in [6.07, 6.45) is 13.4. The Labute approximate surface area is 183 Å². The van der Waals surface area contributed by atoms with E-state index in [0.29, 0.717) is 0 Å². The molecule has 160 valence electrons. The third-order valence-electron chi connectivity index (χ3n) is 5.61. The highest BCUT2D eigenvalue weighted by Gasteiger charge is 2.20. The minimum Gasteiger partial charge on any atom is -0.366 e. The van der Waals surface area contributed by atoms with E-state index in [1.807, 2.05) is 12.4 Å². The van der Waals surface area contributed by atoms with Gasteiger partial charge in [-0.1, -0.05) is 60.7 Å². The van der Waals surface area contributed by atoms with Crippen molar-refractivity contribution in [2.75, 3.05) is 0 Å². The average molecular weight is 415 g/mol. The lowest BCUT2D eigenvalue weighted by molar-refractivity contribution is -0.0258. The lowest BCUT2D eigenvalue weighted by Crippen LogP contribution is -2.12. The number of rotatable bonds is 12. The molecule has 0 aliphatic rings. The fourth-order valence-corrected chi connectivity index (χ4v) is 3.96. The van der Waals surface area contributed by atoms with E-state index in [0.717, 1.165) is 38.5 Å². The topological polar surface area (TPSA) is 66.6 Å². The first-order valence-corrected chi connectivity index (χ1v) is 11.1. The van der Waals surface area contributed by atoms with Gasteiger partial charge in [0, 0.05) is 23.8 Å². The van der Waals surface area contributed by atoms with Gasteiger partial charge in [0.15, 0.2) is 0 Å². The zero-order valence-corrected chi connectivity index (χ0v) is 17.8. The fourth-order valence-electron chi connectivity index (χ4n) is 3.96. The number of nitrogens with one attached hydrogen (secondary N) is 2. The van der Waals surface area contributed by atoms with Crippen LogP contribution in [0.25, 0.3) is 0 Å². The van der Waals surface area contributed by atoms with Crippen molar-refractivity contribution in [2.24, 2.45) is 0 Å². The molecule has 2 aromatic heterocycles. The molecule has 0 saturated heterocycles. The quantitative estimate of drug-likeness (QED) is 0.300. The van der Waals surface area contributed by atoms with Crippen LogP contribution in [0.5, 0.6) is 0 Å². The Bertz CT molecular complexity index is 887. The lowest BCUT2D eigenvalue weighted by Gasteiger charge is -2.26. The van der Waals surface area contributed by atoms with Gasteiger partial charge in [-0.15, -0.1) is 0 Å². The van der Waals surface area contributed by atoms with Crippen LogP contribution in [0.15, 0.2) is 85.7 Å². The maximum absolute atomic E-state index is 6.81. The number of hydrogen-bond donors (Lipinski definition) is 2. The van der Waals surface area contributed by atoms with Crippen LogP contribution in [0.1, 0.15) is 60.4 Å². The molecule has 2 atom stereocenters. The predicted octanol–water partition coefficient (Wildman–Crippen LogP) is 5.98. The lowest BCUT2D eigenvalue weighted by atomic mass is 9.99. The number of benzene rings is 2. The Morgan fingerprint density at radius 1 is 0.645 bits per heavy atom. The van der Waals surface area contributed by atoms with E-state index < -0.39 is 0 Å². The number of ether oxygens (including phenoxy) is 1. The SMILES string of the molecule is c1ccc(C(CCCc2cnc[nH]2)OC(CCCc2cnc[nH]2)c2ccccc2)cc1. The minimum absolute atomic E-state index is 0.0569. The summed E-state index contributed by atoms with van der Waals surface area (Å²) in [7, 11) is 0. The van der Waals surface area contributed by atoms with Gasteiger partial charge >= 0.3 is 0 Å². The van der Waals surface area contributed by atoms with Gasteiger partial charge in [0.2, 0.25) is 0 Å². The first-order chi connectivity index (χ1) is 15.4. The van der Waals surface area contributed by atoms with Gasteiger partial charge < -0.3 is 14.7 Å². The monoisotopic (exact) mass is 414 g/mol. The second-order valence-corrected chi connectivity index (χ2v) is 7.87. The van der Waals surface area contributed by atoms with E-state index in [1.165, 1.54) is 22.5 Å². The van der Waals surface area contributed by atoms with Crippen LogP contribution in [-0.4, -0.2) is 19.9 Å². The number of aryl methyl sites for hydroxylation is 2. The summed E-state index contributed by atoms with van der Waals surface area (Å²) < 4.78 is 6.81. The van der Waals surface area contributed by atoms with Crippen LogP contribution >= 0.6 is 0 Å². The summed E-state index contributed by atoms with van der Waals surface area (Å²) in [6, 6.07) is 21.2. The Kier molecular flexibility index (Phi) is 7.66. The normalized spacial score (nSPS) is 13.2. The average Bonchev–Trinajstić information content (AvgIpc) is 3.53. The number of aromatic amines is 2. The van der Waals surface area contributed by atoms with E-state index in [-0.39, 0.29) is 12.2 Å². The second kappa shape index (κ2) is 11.3. The van der Waals surface area contributed by atoms with Crippen LogP contribution in [0.4, 0.5) is 0 Å². The van der Waals surface area contributed by atoms with Gasteiger partial charge in [-0.25, -0.2) is 9.97 Å². The standard InChI is InChI=1S/C26H30N4O/c1-3-9-21(10-4-1)25(15-7-13-23-17-27-19-29-23)31-26(22-11-5-2-6-12-22)16-8-14-24-18-28-20-30-24/h1-6,9-12,17-20,25-26H,7-8,13-16H2,(H,27,29)(H,28,30). The van der Waals surface area contributed by atoms with E-state index in [9.17, 15) is 0 Å². The third kappa shape index (κ3) is 6.40. The van der Waals surface area contributed by atoms with Gasteiger partial charge in [-0.2, -0.15) is 0 Å². The van der Waals surface area contributed by atoms with Crippen LogP contribution in [0, 0.1) is 0 Å². The van der Waals surface area contributed by atoms with E-state index in [1.54, 1.807) is 12.7 Å². The van der Waals surface area contributed by atoms with Crippen molar-refractivity contribution in [1.29, 1.82) is 0 Å². The molecular formula is C26H30N4O. The maximum Gasteiger partial charge on any atom is 0.0921 e. The molecule has 0 spiro atoms. The molecule has 0 saturated carbocycles. The maximum atomic E-state index is 6.81. The molecule has 0 radical (unpaired) electrons. The molecule has 31 heavy (non-hydrogen) atoms. The fraction of sp³-hybridized carbons (Fsp3) is 0.308. The van der Waals surface area contributed by atoms with Gasteiger partial charge in [0.25, 0.3) is 0 Å². The number of H-pyrrole nitrogens is 2. The zero-order chi connectivity index (χ0) is 21.1. The van der Waals surface area contributed by atoms with E-state index in [2.05, 4.69) is 80.6 Å². The minimum atomic E-state index is 0.0569. The Hall–Kier alpha value is -3.18. The molecule has 2 N–H and O–H groups in total. The first kappa shape index (κ1) is 21.1. The first-order valence-electron chi connectivity index (χ1n) is 11.1. The summed E-state index contributed by atoms with van der Waals surface area (Å²) in [6.45, 7) is 0.